The molecule has 1 aliphatic rings. The molecule has 2 atom stereocenters. The van der Waals surface area contributed by atoms with Crippen molar-refractivity contribution < 1.29 is 19.4 Å². The Morgan fingerprint density at radius 2 is 1.74 bits per heavy atom. The topological polar surface area (TPSA) is 94.7 Å². The first kappa shape index (κ1) is 25.4. The molecule has 2 amide bonds. The lowest BCUT2D eigenvalue weighted by Gasteiger charge is -2.38. The van der Waals surface area contributed by atoms with Gasteiger partial charge in [-0.15, -0.1) is 0 Å². The van der Waals surface area contributed by atoms with E-state index in [-0.39, 0.29) is 17.7 Å². The van der Waals surface area contributed by atoms with Gasteiger partial charge in [0.05, 0.1) is 6.04 Å². The number of rotatable bonds is 5. The minimum absolute atomic E-state index is 0.180. The zero-order chi connectivity index (χ0) is 26.9. The summed E-state index contributed by atoms with van der Waals surface area (Å²) in [5.74, 6) is 0.0271. The molecule has 0 bridgehead atoms. The monoisotopic (exact) mass is 511 g/mol. The first-order valence-corrected chi connectivity index (χ1v) is 12.9. The fourth-order valence-electron chi connectivity index (χ4n) is 5.20. The fraction of sp³-hybridized carbons (Fsp3) is 0.290. The summed E-state index contributed by atoms with van der Waals surface area (Å²) in [5.41, 5.74) is 4.15. The molecule has 0 radical (unpaired) electrons. The Morgan fingerprint density at radius 3 is 2.42 bits per heavy atom. The lowest BCUT2D eigenvalue weighted by atomic mass is 9.91. The van der Waals surface area contributed by atoms with E-state index in [1.807, 2.05) is 71.6 Å². The summed E-state index contributed by atoms with van der Waals surface area (Å²) in [5, 5.41) is 13.9. The van der Waals surface area contributed by atoms with Gasteiger partial charge in [0.1, 0.15) is 17.4 Å². The van der Waals surface area contributed by atoms with Crippen molar-refractivity contribution in [1.29, 1.82) is 0 Å². The molecule has 0 saturated carbocycles. The van der Waals surface area contributed by atoms with Crippen LogP contribution in [0.3, 0.4) is 0 Å². The first-order valence-electron chi connectivity index (χ1n) is 12.9. The number of ether oxygens (including phenoxy) is 1. The third-order valence-electron chi connectivity index (χ3n) is 6.78. The Bertz CT molecular complexity index is 1440. The lowest BCUT2D eigenvalue weighted by Crippen LogP contribution is -2.53. The minimum atomic E-state index is -0.812. The van der Waals surface area contributed by atoms with Gasteiger partial charge >= 0.3 is 6.09 Å². The van der Waals surface area contributed by atoms with Gasteiger partial charge < -0.3 is 25.0 Å². The third-order valence-corrected chi connectivity index (χ3v) is 6.78. The molecule has 0 fully saturated rings. The molecular weight excluding hydrogens is 478 g/mol. The Labute approximate surface area is 222 Å². The number of aromatic hydroxyl groups is 1. The highest BCUT2D eigenvalue weighted by atomic mass is 16.6. The van der Waals surface area contributed by atoms with Gasteiger partial charge in [-0.25, -0.2) is 4.79 Å². The zero-order valence-corrected chi connectivity index (χ0v) is 21.9. The average Bonchev–Trinajstić information content (AvgIpc) is 3.25. The molecule has 5 rings (SSSR count). The standard InChI is InChI=1S/C31H33N3O4/c1-31(2,3)38-30(37)33-26(18-20-10-6-4-7-11-20)29(36)34-17-16-23-24-19-22(35)14-15-25(24)32-27(23)28(34)21-12-8-5-9-13-21/h4-15,19,26,28,32,35H,16-18H2,1-3H3,(H,33,37)/t26-,28?/m0/s1. The number of aromatic nitrogens is 1. The van der Waals surface area contributed by atoms with Gasteiger partial charge in [-0.2, -0.15) is 0 Å². The lowest BCUT2D eigenvalue weighted by molar-refractivity contribution is -0.135. The van der Waals surface area contributed by atoms with Crippen LogP contribution in [-0.2, 0) is 22.4 Å². The summed E-state index contributed by atoms with van der Waals surface area (Å²) >= 11 is 0. The van der Waals surface area contributed by atoms with E-state index in [4.69, 9.17) is 4.74 Å². The highest BCUT2D eigenvalue weighted by molar-refractivity contribution is 5.90. The van der Waals surface area contributed by atoms with E-state index < -0.39 is 17.7 Å². The van der Waals surface area contributed by atoms with Crippen LogP contribution >= 0.6 is 0 Å². The second kappa shape index (κ2) is 10.2. The average molecular weight is 512 g/mol. The predicted octanol–water partition coefficient (Wildman–Crippen LogP) is 5.48. The number of hydrogen-bond acceptors (Lipinski definition) is 4. The Morgan fingerprint density at radius 1 is 1.05 bits per heavy atom. The number of carbonyl (C=O) groups excluding carboxylic acids is 2. The van der Waals surface area contributed by atoms with Gasteiger partial charge in [0.15, 0.2) is 0 Å². The molecule has 1 aliphatic heterocycles. The van der Waals surface area contributed by atoms with Crippen molar-refractivity contribution >= 4 is 22.9 Å². The number of nitrogens with one attached hydrogen (secondary N) is 2. The summed E-state index contributed by atoms with van der Waals surface area (Å²) in [6.45, 7) is 5.86. The van der Waals surface area contributed by atoms with Crippen LogP contribution in [-0.4, -0.2) is 45.2 Å². The molecule has 196 valence electrons. The number of amides is 2. The molecule has 38 heavy (non-hydrogen) atoms. The molecule has 3 N–H and O–H groups in total. The van der Waals surface area contributed by atoms with E-state index >= 15 is 0 Å². The number of fused-ring (bicyclic) bond motifs is 3. The molecular formula is C31H33N3O4. The van der Waals surface area contributed by atoms with E-state index in [2.05, 4.69) is 10.3 Å². The van der Waals surface area contributed by atoms with Crippen molar-refractivity contribution in [3.8, 4) is 5.75 Å². The number of H-pyrrole nitrogens is 1. The van der Waals surface area contributed by atoms with Gasteiger partial charge in [0.2, 0.25) is 5.91 Å². The number of benzene rings is 3. The number of phenolic OH excluding ortho intramolecular Hbond substituents is 1. The summed E-state index contributed by atoms with van der Waals surface area (Å²) in [6.07, 6.45) is 0.338. The van der Waals surface area contributed by atoms with E-state index in [1.54, 1.807) is 32.9 Å². The van der Waals surface area contributed by atoms with Crippen molar-refractivity contribution in [2.45, 2.75) is 51.3 Å². The van der Waals surface area contributed by atoms with Gasteiger partial charge in [-0.1, -0.05) is 60.7 Å². The smallest absolute Gasteiger partial charge is 0.408 e. The molecule has 7 heteroatoms. The van der Waals surface area contributed by atoms with Gasteiger partial charge in [-0.05, 0) is 62.1 Å². The molecule has 2 heterocycles. The Kier molecular flexibility index (Phi) is 6.85. The van der Waals surface area contributed by atoms with Crippen molar-refractivity contribution in [1.82, 2.24) is 15.2 Å². The van der Waals surface area contributed by atoms with Crippen molar-refractivity contribution in [3.63, 3.8) is 0 Å². The zero-order valence-electron chi connectivity index (χ0n) is 21.9. The molecule has 7 nitrogen and oxygen atoms in total. The summed E-state index contributed by atoms with van der Waals surface area (Å²) in [4.78, 5) is 32.4. The first-order chi connectivity index (χ1) is 18.2. The van der Waals surface area contributed by atoms with Crippen LogP contribution in [0.4, 0.5) is 4.79 Å². The summed E-state index contributed by atoms with van der Waals surface area (Å²) < 4.78 is 5.51. The van der Waals surface area contributed by atoms with E-state index in [0.29, 0.717) is 19.4 Å². The second-order valence-corrected chi connectivity index (χ2v) is 10.7. The molecule has 0 spiro atoms. The van der Waals surface area contributed by atoms with E-state index in [0.717, 1.165) is 33.3 Å². The minimum Gasteiger partial charge on any atom is -0.508 e. The maximum Gasteiger partial charge on any atom is 0.408 e. The quantitative estimate of drug-likeness (QED) is 0.331. The molecule has 0 saturated heterocycles. The highest BCUT2D eigenvalue weighted by Gasteiger charge is 2.38. The Hall–Kier alpha value is -4.26. The largest absolute Gasteiger partial charge is 0.508 e. The number of alkyl carbamates (subject to hydrolysis) is 1. The SMILES string of the molecule is CC(C)(C)OC(=O)N[C@@H](Cc1ccccc1)C(=O)N1CCc2c([nH]c3ccc(O)cc23)C1c1ccccc1. The number of phenols is 1. The molecule has 1 aromatic heterocycles. The number of nitrogens with zero attached hydrogens (tertiary/aromatic N) is 1. The van der Waals surface area contributed by atoms with Gasteiger partial charge in [0, 0.05) is 29.6 Å². The van der Waals surface area contributed by atoms with Crippen molar-refractivity contribution in [2.24, 2.45) is 0 Å². The van der Waals surface area contributed by atoms with Gasteiger partial charge in [-0.3, -0.25) is 4.79 Å². The van der Waals surface area contributed by atoms with Gasteiger partial charge in [0.25, 0.3) is 0 Å². The van der Waals surface area contributed by atoms with Crippen LogP contribution in [0.25, 0.3) is 10.9 Å². The maximum absolute atomic E-state index is 14.3. The second-order valence-electron chi connectivity index (χ2n) is 10.7. The van der Waals surface area contributed by atoms with Crippen molar-refractivity contribution in [2.75, 3.05) is 6.54 Å². The van der Waals surface area contributed by atoms with Crippen LogP contribution in [0, 0.1) is 0 Å². The molecule has 4 aromatic rings. The predicted molar refractivity (Wildman–Crippen MR) is 147 cm³/mol. The van der Waals surface area contributed by atoms with Crippen LogP contribution in [0.2, 0.25) is 0 Å². The third kappa shape index (κ3) is 5.37. The fourth-order valence-corrected chi connectivity index (χ4v) is 5.20. The van der Waals surface area contributed by atoms with E-state index in [9.17, 15) is 14.7 Å². The number of aromatic amines is 1. The van der Waals surface area contributed by atoms with Crippen LogP contribution < -0.4 is 5.32 Å². The summed E-state index contributed by atoms with van der Waals surface area (Å²) in [6, 6.07) is 23.7. The molecule has 0 aliphatic carbocycles. The van der Waals surface area contributed by atoms with Crippen LogP contribution in [0.15, 0.2) is 78.9 Å². The number of carbonyl (C=O) groups is 2. The maximum atomic E-state index is 14.3. The van der Waals surface area contributed by atoms with Crippen LogP contribution in [0.1, 0.15) is 49.2 Å². The normalized spacial score (nSPS) is 16.1. The number of hydrogen-bond donors (Lipinski definition) is 3. The Balaban J connectivity index is 1.54. The van der Waals surface area contributed by atoms with E-state index in [1.165, 1.54) is 0 Å². The van der Waals surface area contributed by atoms with Crippen molar-refractivity contribution in [3.05, 3.63) is 101 Å². The molecule has 1 unspecified atom stereocenters. The molecule has 3 aromatic carbocycles. The van der Waals surface area contributed by atoms with Crippen LogP contribution in [0.5, 0.6) is 5.75 Å². The highest BCUT2D eigenvalue weighted by Crippen LogP contribution is 2.39. The summed E-state index contributed by atoms with van der Waals surface area (Å²) in [7, 11) is 0.